The zero-order valence-electron chi connectivity index (χ0n) is 5.83. The molecule has 3 unspecified atom stereocenters. The molecule has 0 radical (unpaired) electrons. The highest BCUT2D eigenvalue weighted by Gasteiger charge is 2.31. The molecule has 0 N–H and O–H groups in total. The smallest absolute Gasteiger partial charge is 0.0178 e. The lowest BCUT2D eigenvalue weighted by molar-refractivity contribution is 0.564. The molecule has 0 aromatic heterocycles. The lowest BCUT2D eigenvalue weighted by Crippen LogP contribution is -2.11. The summed E-state index contributed by atoms with van der Waals surface area (Å²) < 4.78 is 0.892. The van der Waals surface area contributed by atoms with Crippen LogP contribution in [-0.2, 0) is 0 Å². The van der Waals surface area contributed by atoms with Gasteiger partial charge in [0, 0.05) is 3.92 Å². The zero-order chi connectivity index (χ0) is 6.97. The van der Waals surface area contributed by atoms with E-state index in [0.717, 1.165) is 15.8 Å². The van der Waals surface area contributed by atoms with Gasteiger partial charge in [0.2, 0.25) is 0 Å². The van der Waals surface area contributed by atoms with Gasteiger partial charge in [-0.2, -0.15) is 0 Å². The van der Waals surface area contributed by atoms with Gasteiger partial charge in [0.1, 0.15) is 0 Å². The van der Waals surface area contributed by atoms with E-state index in [1.807, 2.05) is 0 Å². The maximum Gasteiger partial charge on any atom is 0.0178 e. The highest BCUT2D eigenvalue weighted by molar-refractivity contribution is 14.1. The third kappa shape index (κ3) is 1.04. The molecule has 54 valence electrons. The van der Waals surface area contributed by atoms with Crippen molar-refractivity contribution in [1.29, 1.82) is 0 Å². The van der Waals surface area contributed by atoms with Gasteiger partial charge in [-0.1, -0.05) is 46.9 Å². The Bertz CT molecular complexity index is 181. The van der Waals surface area contributed by atoms with E-state index in [4.69, 9.17) is 0 Å². The minimum Gasteiger partial charge on any atom is -0.0820 e. The molecule has 3 atom stereocenters. The van der Waals surface area contributed by atoms with Crippen LogP contribution in [0.3, 0.4) is 0 Å². The maximum atomic E-state index is 2.58. The summed E-state index contributed by atoms with van der Waals surface area (Å²) in [6, 6.07) is 0. The fourth-order valence-electron chi connectivity index (χ4n) is 1.89. The lowest BCUT2D eigenvalue weighted by Gasteiger charge is -2.16. The van der Waals surface area contributed by atoms with Gasteiger partial charge in [-0.15, -0.1) is 0 Å². The molecular weight excluding hydrogens is 235 g/mol. The van der Waals surface area contributed by atoms with Gasteiger partial charge in [-0.05, 0) is 24.7 Å². The van der Waals surface area contributed by atoms with Gasteiger partial charge in [0.05, 0.1) is 0 Å². The zero-order valence-corrected chi connectivity index (χ0v) is 7.99. The van der Waals surface area contributed by atoms with Crippen LogP contribution in [0.4, 0.5) is 0 Å². The summed E-state index contributed by atoms with van der Waals surface area (Å²) in [5, 5.41) is 0. The molecule has 0 bridgehead atoms. The molecule has 0 aromatic rings. The van der Waals surface area contributed by atoms with Crippen molar-refractivity contribution in [2.75, 3.05) is 0 Å². The average Bonchev–Trinajstić information content (AvgIpc) is 2.34. The summed E-state index contributed by atoms with van der Waals surface area (Å²) in [4.78, 5) is 0. The third-order valence-corrected chi connectivity index (χ3v) is 3.94. The summed E-state index contributed by atoms with van der Waals surface area (Å²) in [5.41, 5.74) is 0. The highest BCUT2D eigenvalue weighted by atomic mass is 127. The monoisotopic (exact) mass is 246 g/mol. The SMILES string of the molecule is IC1CCC2C=CC=CC12. The first-order valence-corrected chi connectivity index (χ1v) is 5.11. The molecule has 2 rings (SSSR count). The minimum atomic E-state index is 0.852. The second kappa shape index (κ2) is 2.68. The predicted molar refractivity (Wildman–Crippen MR) is 52.3 cm³/mol. The Morgan fingerprint density at radius 2 is 1.90 bits per heavy atom. The Balaban J connectivity index is 2.19. The first kappa shape index (κ1) is 6.89. The number of hydrogen-bond donors (Lipinski definition) is 0. The predicted octanol–water partition coefficient (Wildman–Crippen LogP) is 2.94. The largest absolute Gasteiger partial charge is 0.0820 e. The average molecular weight is 246 g/mol. The van der Waals surface area contributed by atoms with Crippen molar-refractivity contribution in [3.05, 3.63) is 24.3 Å². The van der Waals surface area contributed by atoms with Crippen molar-refractivity contribution in [1.82, 2.24) is 0 Å². The van der Waals surface area contributed by atoms with Gasteiger partial charge >= 0.3 is 0 Å². The van der Waals surface area contributed by atoms with Crippen LogP contribution >= 0.6 is 22.6 Å². The van der Waals surface area contributed by atoms with E-state index in [1.54, 1.807) is 0 Å². The van der Waals surface area contributed by atoms with Crippen LogP contribution < -0.4 is 0 Å². The van der Waals surface area contributed by atoms with E-state index in [0.29, 0.717) is 0 Å². The number of halogens is 1. The molecule has 1 heteroatoms. The van der Waals surface area contributed by atoms with Crippen LogP contribution in [0.2, 0.25) is 0 Å². The van der Waals surface area contributed by atoms with Gasteiger partial charge in [-0.3, -0.25) is 0 Å². The van der Waals surface area contributed by atoms with Gasteiger partial charge in [0.15, 0.2) is 0 Å². The molecule has 0 nitrogen and oxygen atoms in total. The third-order valence-electron chi connectivity index (χ3n) is 2.49. The number of hydrogen-bond acceptors (Lipinski definition) is 0. The van der Waals surface area contributed by atoms with Crippen LogP contribution in [0.5, 0.6) is 0 Å². The summed E-state index contributed by atoms with van der Waals surface area (Å²) in [5.74, 6) is 1.72. The second-order valence-electron chi connectivity index (χ2n) is 3.10. The highest BCUT2D eigenvalue weighted by Crippen LogP contribution is 2.40. The fraction of sp³-hybridized carbons (Fsp3) is 0.556. The van der Waals surface area contributed by atoms with Crippen molar-refractivity contribution in [2.45, 2.75) is 16.8 Å². The van der Waals surface area contributed by atoms with E-state index < -0.39 is 0 Å². The van der Waals surface area contributed by atoms with E-state index in [1.165, 1.54) is 12.8 Å². The molecule has 0 amide bonds. The Labute approximate surface area is 75.5 Å². The summed E-state index contributed by atoms with van der Waals surface area (Å²) in [7, 11) is 0. The van der Waals surface area contributed by atoms with Crippen molar-refractivity contribution in [2.24, 2.45) is 11.8 Å². The minimum absolute atomic E-state index is 0.852. The molecule has 10 heavy (non-hydrogen) atoms. The lowest BCUT2D eigenvalue weighted by atomic mass is 9.92. The Morgan fingerprint density at radius 3 is 2.70 bits per heavy atom. The van der Waals surface area contributed by atoms with Gasteiger partial charge < -0.3 is 0 Å². The van der Waals surface area contributed by atoms with Crippen LogP contribution in [0.1, 0.15) is 12.8 Å². The molecule has 0 heterocycles. The standard InChI is InChI=1S/C9H11I/c10-9-6-5-7-3-1-2-4-8(7)9/h1-4,7-9H,5-6H2. The first-order chi connectivity index (χ1) is 4.88. The summed E-state index contributed by atoms with van der Waals surface area (Å²) in [6.07, 6.45) is 11.9. The first-order valence-electron chi connectivity index (χ1n) is 3.87. The number of allylic oxidation sites excluding steroid dienone is 4. The molecule has 2 aliphatic carbocycles. The van der Waals surface area contributed by atoms with E-state index >= 15 is 0 Å². The van der Waals surface area contributed by atoms with Crippen LogP contribution in [0, 0.1) is 11.8 Å². The Kier molecular flexibility index (Phi) is 1.85. The molecule has 0 spiro atoms. The molecule has 0 saturated heterocycles. The number of fused-ring (bicyclic) bond motifs is 1. The van der Waals surface area contributed by atoms with Crippen LogP contribution in [0.15, 0.2) is 24.3 Å². The van der Waals surface area contributed by atoms with Crippen molar-refractivity contribution < 1.29 is 0 Å². The molecule has 1 saturated carbocycles. The van der Waals surface area contributed by atoms with E-state index in [2.05, 4.69) is 46.9 Å². The summed E-state index contributed by atoms with van der Waals surface area (Å²) in [6.45, 7) is 0. The van der Waals surface area contributed by atoms with Gasteiger partial charge in [-0.25, -0.2) is 0 Å². The normalized spacial score (nSPS) is 43.9. The Hall–Kier alpha value is 0.210. The van der Waals surface area contributed by atoms with Gasteiger partial charge in [0.25, 0.3) is 0 Å². The number of rotatable bonds is 0. The van der Waals surface area contributed by atoms with Crippen molar-refractivity contribution in [3.63, 3.8) is 0 Å². The molecule has 0 aromatic carbocycles. The van der Waals surface area contributed by atoms with E-state index in [9.17, 15) is 0 Å². The topological polar surface area (TPSA) is 0 Å². The van der Waals surface area contributed by atoms with E-state index in [-0.39, 0.29) is 0 Å². The van der Waals surface area contributed by atoms with Crippen LogP contribution in [0.25, 0.3) is 0 Å². The summed E-state index contributed by atoms with van der Waals surface area (Å²) >= 11 is 2.58. The number of alkyl halides is 1. The Morgan fingerprint density at radius 1 is 1.10 bits per heavy atom. The fourth-order valence-corrected chi connectivity index (χ4v) is 3.02. The van der Waals surface area contributed by atoms with Crippen molar-refractivity contribution in [3.8, 4) is 0 Å². The molecular formula is C9H11I. The molecule has 1 fully saturated rings. The molecule has 2 aliphatic rings. The quantitative estimate of drug-likeness (QED) is 0.455. The van der Waals surface area contributed by atoms with Crippen molar-refractivity contribution >= 4 is 22.6 Å². The van der Waals surface area contributed by atoms with Crippen LogP contribution in [-0.4, -0.2) is 3.92 Å². The maximum absolute atomic E-state index is 2.58. The second-order valence-corrected chi connectivity index (χ2v) is 4.70. The molecule has 0 aliphatic heterocycles.